The Morgan fingerprint density at radius 2 is 1.71 bits per heavy atom. The first kappa shape index (κ1) is 19.2. The van der Waals surface area contributed by atoms with Gasteiger partial charge in [-0.25, -0.2) is 9.97 Å². The molecule has 0 saturated heterocycles. The van der Waals surface area contributed by atoms with Crippen molar-refractivity contribution in [3.63, 3.8) is 0 Å². The number of aromatic nitrogens is 2. The Labute approximate surface area is 164 Å². The van der Waals surface area contributed by atoms with Crippen LogP contribution in [0.1, 0.15) is 40.3 Å². The second-order valence-electron chi connectivity index (χ2n) is 6.35. The maximum atomic E-state index is 12.9. The summed E-state index contributed by atoms with van der Waals surface area (Å²) in [6.45, 7) is 4.57. The van der Waals surface area contributed by atoms with Crippen LogP contribution in [0.3, 0.4) is 0 Å². The van der Waals surface area contributed by atoms with Crippen LogP contribution >= 0.6 is 0 Å². The van der Waals surface area contributed by atoms with Crippen LogP contribution in [0.15, 0.2) is 67.0 Å². The molecule has 0 bridgehead atoms. The van der Waals surface area contributed by atoms with Gasteiger partial charge in [0.05, 0.1) is 0 Å². The van der Waals surface area contributed by atoms with Crippen molar-refractivity contribution in [2.45, 2.75) is 20.4 Å². The van der Waals surface area contributed by atoms with E-state index in [9.17, 15) is 9.59 Å². The number of rotatable bonds is 7. The topological polar surface area (TPSA) is 75.2 Å². The first-order chi connectivity index (χ1) is 13.6. The van der Waals surface area contributed by atoms with Crippen molar-refractivity contribution in [3.05, 3.63) is 83.8 Å². The predicted molar refractivity (Wildman–Crippen MR) is 109 cm³/mol. The Bertz CT molecular complexity index is 956. The Morgan fingerprint density at radius 3 is 2.36 bits per heavy atom. The highest BCUT2D eigenvalue weighted by atomic mass is 16.2. The molecule has 0 atom stereocenters. The third kappa shape index (κ3) is 4.79. The number of hydrogen-bond donors (Lipinski definition) is 1. The molecule has 0 aliphatic heterocycles. The summed E-state index contributed by atoms with van der Waals surface area (Å²) in [5.74, 6) is 0.382. The van der Waals surface area contributed by atoms with Gasteiger partial charge in [-0.05, 0) is 43.7 Å². The highest BCUT2D eigenvalue weighted by Gasteiger charge is 2.16. The van der Waals surface area contributed by atoms with E-state index in [1.807, 2.05) is 37.3 Å². The Balaban J connectivity index is 1.74. The molecule has 0 radical (unpaired) electrons. The lowest BCUT2D eigenvalue weighted by Gasteiger charge is -2.20. The monoisotopic (exact) mass is 374 g/mol. The number of nitrogens with one attached hydrogen (secondary N) is 1. The van der Waals surface area contributed by atoms with E-state index in [1.165, 1.54) is 13.3 Å². The van der Waals surface area contributed by atoms with Gasteiger partial charge >= 0.3 is 0 Å². The molecule has 3 aromatic rings. The standard InChI is InChI=1S/C22H22N4O2/c1-3-26(14-17-7-5-4-6-8-17)22(28)20-13-21(24-15-23-20)25-19-11-9-18(10-12-19)16(2)27/h4-13,15H,3,14H2,1-2H3,(H,23,24,25). The highest BCUT2D eigenvalue weighted by molar-refractivity contribution is 5.94. The van der Waals surface area contributed by atoms with Crippen LogP contribution in [-0.4, -0.2) is 33.1 Å². The molecule has 0 spiro atoms. The van der Waals surface area contributed by atoms with Crippen molar-refractivity contribution < 1.29 is 9.59 Å². The van der Waals surface area contributed by atoms with Crippen LogP contribution < -0.4 is 5.32 Å². The molecule has 0 fully saturated rings. The van der Waals surface area contributed by atoms with E-state index < -0.39 is 0 Å². The van der Waals surface area contributed by atoms with Crippen LogP contribution in [0.4, 0.5) is 11.5 Å². The summed E-state index contributed by atoms with van der Waals surface area (Å²) >= 11 is 0. The van der Waals surface area contributed by atoms with Gasteiger partial charge in [0.25, 0.3) is 5.91 Å². The van der Waals surface area contributed by atoms with Gasteiger partial charge in [-0.15, -0.1) is 0 Å². The number of carbonyl (C=O) groups excluding carboxylic acids is 2. The number of anilines is 2. The lowest BCUT2D eigenvalue weighted by atomic mass is 10.1. The molecule has 28 heavy (non-hydrogen) atoms. The summed E-state index contributed by atoms with van der Waals surface area (Å²) in [5, 5.41) is 3.14. The van der Waals surface area contributed by atoms with Gasteiger partial charge < -0.3 is 10.2 Å². The Hall–Kier alpha value is -3.54. The van der Waals surface area contributed by atoms with Crippen LogP contribution in [0.25, 0.3) is 0 Å². The second-order valence-corrected chi connectivity index (χ2v) is 6.35. The molecular weight excluding hydrogens is 352 g/mol. The van der Waals surface area contributed by atoms with Crippen LogP contribution in [0.2, 0.25) is 0 Å². The molecule has 0 aliphatic carbocycles. The fourth-order valence-electron chi connectivity index (χ4n) is 2.77. The molecule has 1 amide bonds. The summed E-state index contributed by atoms with van der Waals surface area (Å²) in [6, 6.07) is 18.6. The number of carbonyl (C=O) groups is 2. The Kier molecular flexibility index (Phi) is 6.11. The average Bonchev–Trinajstić information content (AvgIpc) is 2.73. The smallest absolute Gasteiger partial charge is 0.272 e. The van der Waals surface area contributed by atoms with Gasteiger partial charge in [0, 0.05) is 30.4 Å². The highest BCUT2D eigenvalue weighted by Crippen LogP contribution is 2.17. The van der Waals surface area contributed by atoms with Crippen molar-refractivity contribution in [1.29, 1.82) is 0 Å². The van der Waals surface area contributed by atoms with E-state index in [1.54, 1.807) is 35.2 Å². The fourth-order valence-corrected chi connectivity index (χ4v) is 2.77. The molecule has 6 heteroatoms. The quantitative estimate of drug-likeness (QED) is 0.631. The van der Waals surface area contributed by atoms with E-state index in [2.05, 4.69) is 15.3 Å². The molecule has 0 unspecified atom stereocenters. The van der Waals surface area contributed by atoms with E-state index in [0.29, 0.717) is 30.2 Å². The van der Waals surface area contributed by atoms with E-state index in [4.69, 9.17) is 0 Å². The first-order valence-corrected chi connectivity index (χ1v) is 9.10. The summed E-state index contributed by atoms with van der Waals surface area (Å²) in [6.07, 6.45) is 1.37. The number of Topliss-reactive ketones (excluding diaryl/α,β-unsaturated/α-hetero) is 1. The third-order valence-electron chi connectivity index (χ3n) is 4.34. The number of amides is 1. The molecule has 0 saturated carbocycles. The molecule has 0 aliphatic rings. The molecule has 6 nitrogen and oxygen atoms in total. The summed E-state index contributed by atoms with van der Waals surface area (Å²) in [5.41, 5.74) is 2.81. The van der Waals surface area contributed by atoms with Crippen LogP contribution in [-0.2, 0) is 6.54 Å². The zero-order valence-electron chi connectivity index (χ0n) is 15.9. The maximum absolute atomic E-state index is 12.9. The van der Waals surface area contributed by atoms with Gasteiger partial charge in [-0.3, -0.25) is 9.59 Å². The summed E-state index contributed by atoms with van der Waals surface area (Å²) in [7, 11) is 0. The van der Waals surface area contributed by atoms with Crippen molar-refractivity contribution >= 4 is 23.2 Å². The molecule has 3 rings (SSSR count). The van der Waals surface area contributed by atoms with E-state index in [0.717, 1.165) is 11.3 Å². The normalized spacial score (nSPS) is 10.4. The van der Waals surface area contributed by atoms with Gasteiger partial charge in [0.2, 0.25) is 0 Å². The van der Waals surface area contributed by atoms with E-state index >= 15 is 0 Å². The molecule has 2 aromatic carbocycles. The van der Waals surface area contributed by atoms with Crippen molar-refractivity contribution in [1.82, 2.24) is 14.9 Å². The van der Waals surface area contributed by atoms with Crippen molar-refractivity contribution in [2.24, 2.45) is 0 Å². The fraction of sp³-hybridized carbons (Fsp3) is 0.182. The maximum Gasteiger partial charge on any atom is 0.272 e. The molecule has 1 aromatic heterocycles. The van der Waals surface area contributed by atoms with Crippen molar-refractivity contribution in [3.8, 4) is 0 Å². The lowest BCUT2D eigenvalue weighted by molar-refractivity contribution is 0.0746. The summed E-state index contributed by atoms with van der Waals surface area (Å²) in [4.78, 5) is 34.3. The van der Waals surface area contributed by atoms with Gasteiger partial charge in [0.1, 0.15) is 17.8 Å². The van der Waals surface area contributed by atoms with Crippen LogP contribution in [0, 0.1) is 0 Å². The van der Waals surface area contributed by atoms with Gasteiger partial charge in [-0.2, -0.15) is 0 Å². The number of benzene rings is 2. The second kappa shape index (κ2) is 8.90. The minimum Gasteiger partial charge on any atom is -0.340 e. The van der Waals surface area contributed by atoms with E-state index in [-0.39, 0.29) is 11.7 Å². The third-order valence-corrected chi connectivity index (χ3v) is 4.34. The van der Waals surface area contributed by atoms with Gasteiger partial charge in [-0.1, -0.05) is 30.3 Å². The molecular formula is C22H22N4O2. The average molecular weight is 374 g/mol. The molecule has 1 N–H and O–H groups in total. The predicted octanol–water partition coefficient (Wildman–Crippen LogP) is 4.09. The SMILES string of the molecule is CCN(Cc1ccccc1)C(=O)c1cc(Nc2ccc(C(C)=O)cc2)ncn1. The zero-order valence-corrected chi connectivity index (χ0v) is 15.9. The number of nitrogens with zero attached hydrogens (tertiary/aromatic N) is 3. The van der Waals surface area contributed by atoms with Crippen molar-refractivity contribution in [2.75, 3.05) is 11.9 Å². The van der Waals surface area contributed by atoms with Gasteiger partial charge in [0.15, 0.2) is 5.78 Å². The minimum atomic E-state index is -0.149. The molecule has 1 heterocycles. The summed E-state index contributed by atoms with van der Waals surface area (Å²) < 4.78 is 0. The zero-order chi connectivity index (χ0) is 19.9. The molecule has 142 valence electrons. The van der Waals surface area contributed by atoms with Crippen LogP contribution in [0.5, 0.6) is 0 Å². The minimum absolute atomic E-state index is 0.0135. The Morgan fingerprint density at radius 1 is 1.00 bits per heavy atom. The lowest BCUT2D eigenvalue weighted by Crippen LogP contribution is -2.31. The number of hydrogen-bond acceptors (Lipinski definition) is 5. The largest absolute Gasteiger partial charge is 0.340 e. The number of ketones is 1. The first-order valence-electron chi connectivity index (χ1n) is 9.10.